The highest BCUT2D eigenvalue weighted by Gasteiger charge is 2.26. The molecule has 0 unspecified atom stereocenters. The van der Waals surface area contributed by atoms with Crippen LogP contribution >= 0.6 is 0 Å². The van der Waals surface area contributed by atoms with Crippen LogP contribution in [0.5, 0.6) is 0 Å². The van der Waals surface area contributed by atoms with Gasteiger partial charge in [-0.3, -0.25) is 4.79 Å². The Morgan fingerprint density at radius 2 is 1.67 bits per heavy atom. The molecule has 0 aromatic rings. The Labute approximate surface area is 112 Å². The van der Waals surface area contributed by atoms with E-state index in [0.717, 1.165) is 19.3 Å². The molecule has 0 aromatic carbocycles. The molecule has 0 radical (unpaired) electrons. The Kier molecular flexibility index (Phi) is 10.0. The van der Waals surface area contributed by atoms with Crippen molar-refractivity contribution in [3.05, 3.63) is 0 Å². The van der Waals surface area contributed by atoms with E-state index in [9.17, 15) is 4.79 Å². The molecule has 2 N–H and O–H groups in total. The summed E-state index contributed by atoms with van der Waals surface area (Å²) in [4.78, 5) is 10.7. The molecule has 0 bridgehead atoms. The Hall–Kier alpha value is -0.570. The normalized spacial score (nSPS) is 11.7. The number of rotatable bonds is 12. The second kappa shape index (κ2) is 10.4. The van der Waals surface area contributed by atoms with Crippen LogP contribution in [0.25, 0.3) is 0 Å². The molecule has 18 heavy (non-hydrogen) atoms. The van der Waals surface area contributed by atoms with Crippen LogP contribution in [-0.2, 0) is 9.53 Å². The minimum atomic E-state index is -0.279. The lowest BCUT2D eigenvalue weighted by Gasteiger charge is -2.32. The van der Waals surface area contributed by atoms with Gasteiger partial charge in [0.15, 0.2) is 0 Å². The van der Waals surface area contributed by atoms with Crippen LogP contribution in [0, 0.1) is 0 Å². The molecular weight excluding hydrogens is 226 g/mol. The summed E-state index contributed by atoms with van der Waals surface area (Å²) in [6.07, 6.45) is 9.88. The van der Waals surface area contributed by atoms with Crippen molar-refractivity contribution in [3.63, 3.8) is 0 Å². The van der Waals surface area contributed by atoms with Crippen LogP contribution in [0.4, 0.5) is 0 Å². The summed E-state index contributed by atoms with van der Waals surface area (Å²) in [6.45, 7) is 7.03. The topological polar surface area (TPSA) is 52.3 Å². The third-order valence-corrected chi connectivity index (χ3v) is 3.78. The maximum absolute atomic E-state index is 10.7. The van der Waals surface area contributed by atoms with E-state index < -0.39 is 0 Å². The monoisotopic (exact) mass is 257 g/mol. The number of unbranched alkanes of at least 4 members (excludes halogenated alkanes) is 4. The average molecular weight is 257 g/mol. The predicted molar refractivity (Wildman–Crippen MR) is 76.5 cm³/mol. The largest absolute Gasteiger partial charge is 0.374 e. The first-order chi connectivity index (χ1) is 8.60. The van der Waals surface area contributed by atoms with E-state index >= 15 is 0 Å². The van der Waals surface area contributed by atoms with Crippen molar-refractivity contribution in [3.8, 4) is 0 Å². The van der Waals surface area contributed by atoms with Crippen LogP contribution in [-0.4, -0.2) is 18.1 Å². The molecule has 0 aliphatic rings. The zero-order chi connectivity index (χ0) is 13.9. The fraction of sp³-hybridized carbons (Fsp3) is 0.933. The molecule has 0 aliphatic carbocycles. The van der Waals surface area contributed by atoms with Crippen molar-refractivity contribution in [1.82, 2.24) is 0 Å². The minimum absolute atomic E-state index is 0.0400. The van der Waals surface area contributed by atoms with Gasteiger partial charge in [-0.15, -0.1) is 0 Å². The Morgan fingerprint density at radius 3 is 2.17 bits per heavy atom. The lowest BCUT2D eigenvalue weighted by atomic mass is 9.90. The molecule has 3 heteroatoms. The van der Waals surface area contributed by atoms with Gasteiger partial charge in [-0.1, -0.05) is 52.9 Å². The summed E-state index contributed by atoms with van der Waals surface area (Å²) in [7, 11) is 0. The standard InChI is InChI=1S/C15H31NO2/c1-4-7-8-9-10-12-15(5-2,6-3)18-13-11-14(16)17/h4-13H2,1-3H3,(H2,16,17). The summed E-state index contributed by atoms with van der Waals surface area (Å²) in [6, 6.07) is 0. The third-order valence-electron chi connectivity index (χ3n) is 3.78. The SMILES string of the molecule is CCCCCCCC(CC)(CC)OCCC(N)=O. The lowest BCUT2D eigenvalue weighted by Crippen LogP contribution is -2.32. The maximum Gasteiger partial charge on any atom is 0.219 e. The summed E-state index contributed by atoms with van der Waals surface area (Å²) in [5.41, 5.74) is 5.10. The number of hydrogen-bond acceptors (Lipinski definition) is 2. The molecule has 0 aliphatic heterocycles. The maximum atomic E-state index is 10.7. The van der Waals surface area contributed by atoms with Crippen LogP contribution in [0.2, 0.25) is 0 Å². The molecule has 0 saturated carbocycles. The van der Waals surface area contributed by atoms with Gasteiger partial charge in [0, 0.05) is 6.42 Å². The van der Waals surface area contributed by atoms with Crippen molar-refractivity contribution in [1.29, 1.82) is 0 Å². The van der Waals surface area contributed by atoms with Gasteiger partial charge in [0.25, 0.3) is 0 Å². The minimum Gasteiger partial charge on any atom is -0.374 e. The number of carbonyl (C=O) groups excluding carboxylic acids is 1. The first-order valence-electron chi connectivity index (χ1n) is 7.52. The molecule has 0 heterocycles. The second-order valence-electron chi connectivity index (χ2n) is 5.12. The van der Waals surface area contributed by atoms with E-state index in [4.69, 9.17) is 10.5 Å². The van der Waals surface area contributed by atoms with Gasteiger partial charge in [0.2, 0.25) is 5.91 Å². The van der Waals surface area contributed by atoms with E-state index in [2.05, 4.69) is 20.8 Å². The Morgan fingerprint density at radius 1 is 1.06 bits per heavy atom. The molecule has 3 nitrogen and oxygen atoms in total. The van der Waals surface area contributed by atoms with Gasteiger partial charge < -0.3 is 10.5 Å². The van der Waals surface area contributed by atoms with E-state index in [1.807, 2.05) is 0 Å². The smallest absolute Gasteiger partial charge is 0.219 e. The third kappa shape index (κ3) is 7.70. The molecule has 1 amide bonds. The van der Waals surface area contributed by atoms with E-state index in [1.54, 1.807) is 0 Å². The molecule has 0 atom stereocenters. The van der Waals surface area contributed by atoms with E-state index in [0.29, 0.717) is 13.0 Å². The number of ether oxygens (including phenoxy) is 1. The highest BCUT2D eigenvalue weighted by molar-refractivity contribution is 5.73. The summed E-state index contributed by atoms with van der Waals surface area (Å²) in [5.74, 6) is -0.279. The average Bonchev–Trinajstić information content (AvgIpc) is 2.36. The molecular formula is C15H31NO2. The molecule has 0 saturated heterocycles. The Balaban J connectivity index is 3.96. The summed E-state index contributed by atoms with van der Waals surface area (Å²) < 4.78 is 5.94. The quantitative estimate of drug-likeness (QED) is 0.541. The molecule has 0 spiro atoms. The fourth-order valence-corrected chi connectivity index (χ4v) is 2.30. The lowest BCUT2D eigenvalue weighted by molar-refractivity contribution is -0.121. The number of amides is 1. The molecule has 0 rings (SSSR count). The van der Waals surface area contributed by atoms with Crippen molar-refractivity contribution in [2.45, 2.75) is 84.2 Å². The van der Waals surface area contributed by atoms with Crippen molar-refractivity contribution < 1.29 is 9.53 Å². The zero-order valence-corrected chi connectivity index (χ0v) is 12.5. The molecule has 0 fully saturated rings. The zero-order valence-electron chi connectivity index (χ0n) is 12.5. The van der Waals surface area contributed by atoms with Gasteiger partial charge in [-0.2, -0.15) is 0 Å². The van der Waals surface area contributed by atoms with Crippen LogP contribution < -0.4 is 5.73 Å². The fourth-order valence-electron chi connectivity index (χ4n) is 2.30. The van der Waals surface area contributed by atoms with Gasteiger partial charge in [0.05, 0.1) is 12.2 Å². The van der Waals surface area contributed by atoms with Gasteiger partial charge in [0.1, 0.15) is 0 Å². The van der Waals surface area contributed by atoms with Gasteiger partial charge >= 0.3 is 0 Å². The summed E-state index contributed by atoms with van der Waals surface area (Å²) in [5, 5.41) is 0. The molecule has 0 aromatic heterocycles. The number of hydrogen-bond donors (Lipinski definition) is 1. The predicted octanol–water partition coefficient (Wildman–Crippen LogP) is 3.80. The number of carbonyl (C=O) groups is 1. The van der Waals surface area contributed by atoms with Crippen molar-refractivity contribution in [2.24, 2.45) is 5.73 Å². The highest BCUT2D eigenvalue weighted by Crippen LogP contribution is 2.27. The van der Waals surface area contributed by atoms with E-state index in [1.165, 1.54) is 32.1 Å². The van der Waals surface area contributed by atoms with Crippen molar-refractivity contribution in [2.75, 3.05) is 6.61 Å². The van der Waals surface area contributed by atoms with Crippen molar-refractivity contribution >= 4 is 5.91 Å². The summed E-state index contributed by atoms with van der Waals surface area (Å²) >= 11 is 0. The van der Waals surface area contributed by atoms with E-state index in [-0.39, 0.29) is 11.5 Å². The first kappa shape index (κ1) is 17.4. The van der Waals surface area contributed by atoms with Gasteiger partial charge in [-0.05, 0) is 19.3 Å². The van der Waals surface area contributed by atoms with Gasteiger partial charge in [-0.25, -0.2) is 0 Å². The second-order valence-corrected chi connectivity index (χ2v) is 5.12. The van der Waals surface area contributed by atoms with Crippen LogP contribution in [0.1, 0.15) is 78.6 Å². The number of primary amides is 1. The van der Waals surface area contributed by atoms with Crippen LogP contribution in [0.15, 0.2) is 0 Å². The Bertz CT molecular complexity index is 213. The van der Waals surface area contributed by atoms with Crippen LogP contribution in [0.3, 0.4) is 0 Å². The molecule has 108 valence electrons. The first-order valence-corrected chi connectivity index (χ1v) is 7.52. The highest BCUT2D eigenvalue weighted by atomic mass is 16.5. The number of nitrogens with two attached hydrogens (primary N) is 1.